The lowest BCUT2D eigenvalue weighted by atomic mass is 9.75. The average molecular weight is 325 g/mol. The number of ether oxygens (including phenoxy) is 1. The number of nitrogens with zero attached hydrogens (tertiary/aromatic N) is 1. The summed E-state index contributed by atoms with van der Waals surface area (Å²) in [6.45, 7) is 6.39. The van der Waals surface area contributed by atoms with E-state index < -0.39 is 5.60 Å². The first-order valence-corrected chi connectivity index (χ1v) is 8.88. The maximum absolute atomic E-state index is 11.8. The molecule has 1 aliphatic heterocycles. The molecule has 0 aliphatic carbocycles. The zero-order valence-electron chi connectivity index (χ0n) is 14.4. The van der Waals surface area contributed by atoms with Crippen molar-refractivity contribution < 1.29 is 9.84 Å². The Hall–Kier alpha value is -1.68. The Morgan fingerprint density at radius 3 is 2.17 bits per heavy atom. The molecule has 0 bridgehead atoms. The van der Waals surface area contributed by atoms with Gasteiger partial charge in [-0.05, 0) is 31.0 Å². The second-order valence-corrected chi connectivity index (χ2v) is 6.48. The summed E-state index contributed by atoms with van der Waals surface area (Å²) >= 11 is 0. The summed E-state index contributed by atoms with van der Waals surface area (Å²) in [5, 5.41) is 11.8. The van der Waals surface area contributed by atoms with E-state index in [0.29, 0.717) is 0 Å². The van der Waals surface area contributed by atoms with Gasteiger partial charge in [0.25, 0.3) is 0 Å². The highest BCUT2D eigenvalue weighted by atomic mass is 16.5. The second-order valence-electron chi connectivity index (χ2n) is 6.48. The molecule has 3 rings (SSSR count). The number of hydrogen-bond donors (Lipinski definition) is 1. The van der Waals surface area contributed by atoms with Crippen molar-refractivity contribution in [3.05, 3.63) is 71.8 Å². The standard InChI is InChI=1S/C21H27NO2/c1-2-24-16-15-22-14-13-20(17-22)21(23,18-9-5-3-6-10-18)19-11-7-4-8-12-19/h3-12,20,23H,2,13-17H2,1H3. The lowest BCUT2D eigenvalue weighted by Gasteiger charge is -2.35. The van der Waals surface area contributed by atoms with Crippen LogP contribution >= 0.6 is 0 Å². The van der Waals surface area contributed by atoms with Gasteiger partial charge in [-0.2, -0.15) is 0 Å². The van der Waals surface area contributed by atoms with Crippen LogP contribution in [0.4, 0.5) is 0 Å². The van der Waals surface area contributed by atoms with Crippen molar-refractivity contribution in [1.82, 2.24) is 4.90 Å². The molecule has 1 aliphatic rings. The minimum Gasteiger partial charge on any atom is -0.380 e. The number of aliphatic hydroxyl groups is 1. The van der Waals surface area contributed by atoms with Crippen LogP contribution in [0.3, 0.4) is 0 Å². The molecule has 2 aromatic rings. The predicted molar refractivity (Wildman–Crippen MR) is 96.9 cm³/mol. The fraction of sp³-hybridized carbons (Fsp3) is 0.429. The van der Waals surface area contributed by atoms with Crippen molar-refractivity contribution in [3.8, 4) is 0 Å². The summed E-state index contributed by atoms with van der Waals surface area (Å²) < 4.78 is 5.48. The molecule has 1 N–H and O–H groups in total. The van der Waals surface area contributed by atoms with E-state index in [1.807, 2.05) is 67.6 Å². The van der Waals surface area contributed by atoms with Crippen molar-refractivity contribution in [1.29, 1.82) is 0 Å². The minimum atomic E-state index is -0.942. The topological polar surface area (TPSA) is 32.7 Å². The fourth-order valence-corrected chi connectivity index (χ4v) is 3.74. The highest BCUT2D eigenvalue weighted by Gasteiger charge is 2.43. The van der Waals surface area contributed by atoms with Gasteiger partial charge in [0, 0.05) is 25.6 Å². The van der Waals surface area contributed by atoms with Crippen LogP contribution in [0.15, 0.2) is 60.7 Å². The van der Waals surface area contributed by atoms with E-state index in [2.05, 4.69) is 4.90 Å². The molecular weight excluding hydrogens is 298 g/mol. The Balaban J connectivity index is 1.84. The maximum Gasteiger partial charge on any atom is 0.119 e. The van der Waals surface area contributed by atoms with E-state index in [4.69, 9.17) is 4.74 Å². The van der Waals surface area contributed by atoms with E-state index in [0.717, 1.165) is 50.4 Å². The van der Waals surface area contributed by atoms with Crippen molar-refractivity contribution in [2.75, 3.05) is 32.8 Å². The lowest BCUT2D eigenvalue weighted by molar-refractivity contribution is 0.0184. The molecule has 1 saturated heterocycles. The monoisotopic (exact) mass is 325 g/mol. The van der Waals surface area contributed by atoms with Crippen LogP contribution in [-0.4, -0.2) is 42.9 Å². The summed E-state index contributed by atoms with van der Waals surface area (Å²) in [4.78, 5) is 2.40. The molecule has 128 valence electrons. The van der Waals surface area contributed by atoms with E-state index in [9.17, 15) is 5.11 Å². The summed E-state index contributed by atoms with van der Waals surface area (Å²) in [7, 11) is 0. The molecule has 24 heavy (non-hydrogen) atoms. The van der Waals surface area contributed by atoms with Crippen LogP contribution in [0, 0.1) is 5.92 Å². The Kier molecular flexibility index (Phi) is 5.67. The SMILES string of the molecule is CCOCCN1CCC(C(O)(c2ccccc2)c2ccccc2)C1. The highest BCUT2D eigenvalue weighted by Crippen LogP contribution is 2.41. The maximum atomic E-state index is 11.8. The molecule has 1 atom stereocenters. The molecule has 1 fully saturated rings. The second kappa shape index (κ2) is 7.93. The largest absolute Gasteiger partial charge is 0.380 e. The third-order valence-corrected chi connectivity index (χ3v) is 5.05. The molecule has 3 heteroatoms. The summed E-state index contributed by atoms with van der Waals surface area (Å²) in [5.41, 5.74) is 1.02. The zero-order chi connectivity index (χ0) is 16.8. The normalized spacial score (nSPS) is 18.8. The molecule has 3 nitrogen and oxygen atoms in total. The van der Waals surface area contributed by atoms with Crippen LogP contribution in [0.5, 0.6) is 0 Å². The Morgan fingerprint density at radius 2 is 1.62 bits per heavy atom. The third-order valence-electron chi connectivity index (χ3n) is 5.05. The van der Waals surface area contributed by atoms with Gasteiger partial charge in [0.15, 0.2) is 0 Å². The Morgan fingerprint density at radius 1 is 1.04 bits per heavy atom. The Bertz CT molecular complexity index is 575. The average Bonchev–Trinajstić information content (AvgIpc) is 3.12. The van der Waals surface area contributed by atoms with Gasteiger partial charge in [-0.25, -0.2) is 0 Å². The predicted octanol–water partition coefficient (Wildman–Crippen LogP) is 3.28. The smallest absolute Gasteiger partial charge is 0.119 e. The molecule has 0 saturated carbocycles. The zero-order valence-corrected chi connectivity index (χ0v) is 14.4. The molecule has 0 radical (unpaired) electrons. The molecular formula is C21H27NO2. The van der Waals surface area contributed by atoms with Crippen LogP contribution in [-0.2, 0) is 10.3 Å². The van der Waals surface area contributed by atoms with Crippen LogP contribution in [0.2, 0.25) is 0 Å². The molecule has 0 aromatic heterocycles. The van der Waals surface area contributed by atoms with E-state index >= 15 is 0 Å². The third kappa shape index (κ3) is 3.54. The van der Waals surface area contributed by atoms with Gasteiger partial charge < -0.3 is 14.7 Å². The van der Waals surface area contributed by atoms with E-state index in [-0.39, 0.29) is 5.92 Å². The van der Waals surface area contributed by atoms with Gasteiger partial charge in [-0.15, -0.1) is 0 Å². The Labute approximate surface area is 144 Å². The first-order chi connectivity index (χ1) is 11.7. The number of hydrogen-bond acceptors (Lipinski definition) is 3. The van der Waals surface area contributed by atoms with Crippen LogP contribution in [0.25, 0.3) is 0 Å². The molecule has 2 aromatic carbocycles. The van der Waals surface area contributed by atoms with Gasteiger partial charge in [0.05, 0.1) is 6.61 Å². The first kappa shape index (κ1) is 17.2. The summed E-state index contributed by atoms with van der Waals surface area (Å²) in [6.07, 6.45) is 0.992. The van der Waals surface area contributed by atoms with Crippen molar-refractivity contribution in [2.24, 2.45) is 5.92 Å². The highest BCUT2D eigenvalue weighted by molar-refractivity contribution is 5.37. The molecule has 1 unspecified atom stereocenters. The summed E-state index contributed by atoms with van der Waals surface area (Å²) in [6, 6.07) is 20.2. The van der Waals surface area contributed by atoms with Gasteiger partial charge in [0.1, 0.15) is 5.60 Å². The van der Waals surface area contributed by atoms with Crippen molar-refractivity contribution >= 4 is 0 Å². The quantitative estimate of drug-likeness (QED) is 0.793. The van der Waals surface area contributed by atoms with Gasteiger partial charge in [-0.3, -0.25) is 0 Å². The lowest BCUT2D eigenvalue weighted by Crippen LogP contribution is -2.38. The fourth-order valence-electron chi connectivity index (χ4n) is 3.74. The van der Waals surface area contributed by atoms with Crippen molar-refractivity contribution in [3.63, 3.8) is 0 Å². The van der Waals surface area contributed by atoms with E-state index in [1.54, 1.807) is 0 Å². The van der Waals surface area contributed by atoms with Gasteiger partial charge in [-0.1, -0.05) is 60.7 Å². The number of rotatable bonds is 7. The molecule has 1 heterocycles. The number of benzene rings is 2. The van der Waals surface area contributed by atoms with Gasteiger partial charge >= 0.3 is 0 Å². The molecule has 0 amide bonds. The molecule has 0 spiro atoms. The van der Waals surface area contributed by atoms with E-state index in [1.165, 1.54) is 0 Å². The summed E-state index contributed by atoms with van der Waals surface area (Å²) in [5.74, 6) is 0.184. The van der Waals surface area contributed by atoms with Crippen LogP contribution in [0.1, 0.15) is 24.5 Å². The van der Waals surface area contributed by atoms with Gasteiger partial charge in [0.2, 0.25) is 0 Å². The van der Waals surface area contributed by atoms with Crippen LogP contribution < -0.4 is 0 Å². The van der Waals surface area contributed by atoms with Crippen molar-refractivity contribution in [2.45, 2.75) is 18.9 Å². The minimum absolute atomic E-state index is 0.184. The first-order valence-electron chi connectivity index (χ1n) is 8.88. The number of likely N-dealkylation sites (tertiary alicyclic amines) is 1.